The Balaban J connectivity index is 1.55. The molecule has 1 aromatic carbocycles. The van der Waals surface area contributed by atoms with Crippen molar-refractivity contribution < 1.29 is 22.3 Å². The standard InChI is InChI=1S/C25H29F4N3OS/c1-34-19-7-8-23(21(26)15-19)30-11-3-4-18-14-20-22(31-17-9-12-33-13-10-17)5-2-6-24(20)32(18)16-25(27,28)29/h2,5-6,14-15,17,19,23,30-31H,7-13,16H2,1H3. The van der Waals surface area contributed by atoms with E-state index >= 15 is 0 Å². The zero-order chi connectivity index (χ0) is 24.1. The molecule has 2 aromatic rings. The number of hydrogen-bond donors (Lipinski definition) is 2. The molecule has 184 valence electrons. The van der Waals surface area contributed by atoms with E-state index in [1.807, 2.05) is 12.3 Å². The molecule has 0 saturated carbocycles. The third kappa shape index (κ3) is 6.29. The quantitative estimate of drug-likeness (QED) is 0.411. The summed E-state index contributed by atoms with van der Waals surface area (Å²) >= 11 is 1.62. The highest BCUT2D eigenvalue weighted by Gasteiger charge is 2.30. The van der Waals surface area contributed by atoms with Crippen LogP contribution in [0.3, 0.4) is 0 Å². The first-order chi connectivity index (χ1) is 16.3. The van der Waals surface area contributed by atoms with Crippen LogP contribution < -0.4 is 10.6 Å². The number of nitrogens with one attached hydrogen (secondary N) is 2. The van der Waals surface area contributed by atoms with E-state index in [9.17, 15) is 17.6 Å². The van der Waals surface area contributed by atoms with Crippen LogP contribution in [0.15, 0.2) is 36.2 Å². The van der Waals surface area contributed by atoms with Crippen molar-refractivity contribution in [3.8, 4) is 11.8 Å². The Kier molecular flexibility index (Phi) is 8.12. The number of aromatic nitrogens is 1. The Morgan fingerprint density at radius 2 is 1.97 bits per heavy atom. The van der Waals surface area contributed by atoms with Gasteiger partial charge in [-0.3, -0.25) is 5.32 Å². The lowest BCUT2D eigenvalue weighted by atomic mass is 10.0. The van der Waals surface area contributed by atoms with Crippen LogP contribution in [0, 0.1) is 11.8 Å². The molecule has 4 nitrogen and oxygen atoms in total. The third-order valence-electron chi connectivity index (χ3n) is 6.24. The van der Waals surface area contributed by atoms with E-state index in [2.05, 4.69) is 22.5 Å². The number of rotatable bonds is 6. The first-order valence-electron chi connectivity index (χ1n) is 11.5. The molecule has 1 saturated heterocycles. The van der Waals surface area contributed by atoms with E-state index in [0.29, 0.717) is 30.5 Å². The van der Waals surface area contributed by atoms with Crippen LogP contribution >= 0.6 is 11.8 Å². The summed E-state index contributed by atoms with van der Waals surface area (Å²) in [7, 11) is 0. The van der Waals surface area contributed by atoms with Crippen molar-refractivity contribution in [3.05, 3.63) is 41.9 Å². The van der Waals surface area contributed by atoms with Gasteiger partial charge in [0.15, 0.2) is 0 Å². The van der Waals surface area contributed by atoms with Gasteiger partial charge in [-0.25, -0.2) is 4.39 Å². The van der Waals surface area contributed by atoms with Gasteiger partial charge >= 0.3 is 6.18 Å². The summed E-state index contributed by atoms with van der Waals surface area (Å²) in [5.41, 5.74) is 1.57. The zero-order valence-corrected chi connectivity index (χ0v) is 19.9. The van der Waals surface area contributed by atoms with Gasteiger partial charge in [-0.1, -0.05) is 12.0 Å². The molecule has 2 unspecified atom stereocenters. The van der Waals surface area contributed by atoms with Crippen molar-refractivity contribution in [2.75, 3.05) is 31.3 Å². The Labute approximate surface area is 201 Å². The lowest BCUT2D eigenvalue weighted by molar-refractivity contribution is -0.140. The van der Waals surface area contributed by atoms with E-state index in [1.54, 1.807) is 36.0 Å². The lowest BCUT2D eigenvalue weighted by Crippen LogP contribution is -2.33. The van der Waals surface area contributed by atoms with Gasteiger partial charge in [-0.15, -0.1) is 0 Å². The fourth-order valence-corrected chi connectivity index (χ4v) is 5.10. The second-order valence-corrected chi connectivity index (χ2v) is 9.72. The molecule has 2 heterocycles. The Bertz CT molecular complexity index is 1080. The highest BCUT2D eigenvalue weighted by atomic mass is 32.2. The topological polar surface area (TPSA) is 38.2 Å². The van der Waals surface area contributed by atoms with Crippen LogP contribution in [0.5, 0.6) is 0 Å². The normalized spacial score (nSPS) is 21.7. The summed E-state index contributed by atoms with van der Waals surface area (Å²) in [5, 5.41) is 7.43. The third-order valence-corrected chi connectivity index (χ3v) is 7.22. The Hall–Kier alpha value is -2.15. The molecule has 1 aliphatic carbocycles. The number of halogens is 4. The van der Waals surface area contributed by atoms with Crippen LogP contribution in [-0.2, 0) is 11.3 Å². The molecule has 0 radical (unpaired) electrons. The highest BCUT2D eigenvalue weighted by molar-refractivity contribution is 7.99. The molecular formula is C25H29F4N3OS. The summed E-state index contributed by atoms with van der Waals surface area (Å²) in [6.07, 6.45) is 2.46. The number of benzene rings is 1. The molecular weight excluding hydrogens is 466 g/mol. The maximum Gasteiger partial charge on any atom is 0.406 e. The van der Waals surface area contributed by atoms with Crippen LogP contribution in [0.1, 0.15) is 31.4 Å². The minimum absolute atomic E-state index is 0.186. The van der Waals surface area contributed by atoms with Gasteiger partial charge in [-0.05, 0) is 62.1 Å². The van der Waals surface area contributed by atoms with Gasteiger partial charge in [0.25, 0.3) is 0 Å². The predicted octanol–water partition coefficient (Wildman–Crippen LogP) is 5.48. The summed E-state index contributed by atoms with van der Waals surface area (Å²) in [6, 6.07) is 6.86. The average molecular weight is 496 g/mol. The molecule has 2 atom stereocenters. The van der Waals surface area contributed by atoms with E-state index in [4.69, 9.17) is 4.74 Å². The number of hydrogen-bond acceptors (Lipinski definition) is 4. The van der Waals surface area contributed by atoms with E-state index < -0.39 is 18.8 Å². The molecule has 1 fully saturated rings. The first kappa shape index (κ1) is 25.0. The van der Waals surface area contributed by atoms with Crippen molar-refractivity contribution in [2.45, 2.75) is 55.7 Å². The van der Waals surface area contributed by atoms with Gasteiger partial charge < -0.3 is 14.6 Å². The van der Waals surface area contributed by atoms with Crippen LogP contribution in [0.2, 0.25) is 0 Å². The molecule has 2 N–H and O–H groups in total. The maximum absolute atomic E-state index is 14.3. The number of nitrogens with zero attached hydrogens (tertiary/aromatic N) is 1. The molecule has 0 bridgehead atoms. The molecule has 9 heteroatoms. The fourth-order valence-electron chi connectivity index (χ4n) is 4.47. The first-order valence-corrected chi connectivity index (χ1v) is 12.8. The van der Waals surface area contributed by atoms with Gasteiger partial charge in [0.2, 0.25) is 0 Å². The number of thioether (sulfide) groups is 1. The van der Waals surface area contributed by atoms with Gasteiger partial charge in [0.05, 0.1) is 23.8 Å². The average Bonchev–Trinajstić information content (AvgIpc) is 3.15. The van der Waals surface area contributed by atoms with E-state index in [-0.39, 0.29) is 29.4 Å². The van der Waals surface area contributed by atoms with Gasteiger partial charge in [0, 0.05) is 35.6 Å². The summed E-state index contributed by atoms with van der Waals surface area (Å²) in [5.74, 6) is 5.59. The minimum atomic E-state index is -4.38. The molecule has 0 spiro atoms. The maximum atomic E-state index is 14.3. The largest absolute Gasteiger partial charge is 0.406 e. The zero-order valence-electron chi connectivity index (χ0n) is 19.1. The van der Waals surface area contributed by atoms with Crippen molar-refractivity contribution >= 4 is 28.4 Å². The molecule has 34 heavy (non-hydrogen) atoms. The SMILES string of the molecule is CSC1C=C(F)C(NCC#Cc2cc3c(NC4CCOCC4)cccc3n2CC(F)(F)F)CC1. The lowest BCUT2D eigenvalue weighted by Gasteiger charge is -2.24. The van der Waals surface area contributed by atoms with Crippen molar-refractivity contribution in [1.82, 2.24) is 9.88 Å². The molecule has 1 aromatic heterocycles. The molecule has 1 aliphatic heterocycles. The van der Waals surface area contributed by atoms with Gasteiger partial charge in [-0.2, -0.15) is 24.9 Å². The van der Waals surface area contributed by atoms with Crippen LogP contribution in [-0.4, -0.2) is 54.1 Å². The fraction of sp³-hybridized carbons (Fsp3) is 0.520. The number of ether oxygens (including phenoxy) is 1. The van der Waals surface area contributed by atoms with E-state index in [1.165, 1.54) is 4.57 Å². The van der Waals surface area contributed by atoms with E-state index in [0.717, 1.165) is 24.9 Å². The smallest absolute Gasteiger partial charge is 0.382 e. The Morgan fingerprint density at radius 3 is 2.68 bits per heavy atom. The summed E-state index contributed by atoms with van der Waals surface area (Å²) < 4.78 is 61.0. The second kappa shape index (κ2) is 11.1. The molecule has 0 amide bonds. The molecule has 2 aliphatic rings. The van der Waals surface area contributed by atoms with Gasteiger partial charge in [0.1, 0.15) is 12.4 Å². The number of fused-ring (bicyclic) bond motifs is 1. The summed E-state index contributed by atoms with van der Waals surface area (Å²) in [4.78, 5) is 0. The van der Waals surface area contributed by atoms with Crippen LogP contribution in [0.25, 0.3) is 10.9 Å². The highest BCUT2D eigenvalue weighted by Crippen LogP contribution is 2.31. The minimum Gasteiger partial charge on any atom is -0.382 e. The molecule has 4 rings (SSSR count). The second-order valence-electron chi connectivity index (χ2n) is 8.64. The number of anilines is 1. The Morgan fingerprint density at radius 1 is 1.18 bits per heavy atom. The number of alkyl halides is 3. The van der Waals surface area contributed by atoms with Crippen molar-refractivity contribution in [3.63, 3.8) is 0 Å². The summed E-state index contributed by atoms with van der Waals surface area (Å²) in [6.45, 7) is 0.406. The van der Waals surface area contributed by atoms with Crippen LogP contribution in [0.4, 0.5) is 23.2 Å². The van der Waals surface area contributed by atoms with Crippen molar-refractivity contribution in [1.29, 1.82) is 0 Å². The predicted molar refractivity (Wildman–Crippen MR) is 130 cm³/mol. The van der Waals surface area contributed by atoms with Crippen molar-refractivity contribution in [2.24, 2.45) is 0 Å². The monoisotopic (exact) mass is 495 g/mol.